The van der Waals surface area contributed by atoms with Gasteiger partial charge in [-0.25, -0.2) is 32.6 Å². The van der Waals surface area contributed by atoms with Gasteiger partial charge in [-0.3, -0.25) is 47.0 Å². The van der Waals surface area contributed by atoms with Crippen LogP contribution in [0.3, 0.4) is 0 Å². The zero-order valence-electron chi connectivity index (χ0n) is 33.0. The molecule has 34 nitrogen and oxygen atoms in total. The molecule has 12 atom stereocenters. The lowest BCUT2D eigenvalue weighted by atomic mass is 10.1. The molecule has 0 bridgehead atoms. The van der Waals surface area contributed by atoms with Crippen LogP contribution in [0, 0.1) is 0 Å². The molecule has 358 valence electrons. The molecule has 0 amide bonds. The summed E-state index contributed by atoms with van der Waals surface area (Å²) in [7, 11) is -19.2. The van der Waals surface area contributed by atoms with Crippen LogP contribution in [0.4, 0.5) is 11.9 Å². The van der Waals surface area contributed by atoms with Gasteiger partial charge in [-0.15, -0.1) is 5.10 Å². The van der Waals surface area contributed by atoms with Crippen LogP contribution in [0.2, 0.25) is 0 Å². The highest BCUT2D eigenvalue weighted by Gasteiger charge is 2.49. The topological polar surface area (TPSA) is 498 Å². The lowest BCUT2D eigenvalue weighted by Gasteiger charge is -2.19. The number of imidazole rings is 2. The molecule has 2 saturated heterocycles. The number of phosphoric ester groups is 2. The minimum Gasteiger partial charge on any atom is -0.387 e. The van der Waals surface area contributed by atoms with Crippen LogP contribution < -0.4 is 32.2 Å². The normalized spacial score (nSPS) is 27.5. The van der Waals surface area contributed by atoms with Gasteiger partial charge in [0.25, 0.3) is 17.1 Å². The van der Waals surface area contributed by atoms with Crippen molar-refractivity contribution in [1.82, 2.24) is 54.1 Å². The van der Waals surface area contributed by atoms with Crippen molar-refractivity contribution in [2.45, 2.75) is 62.0 Å². The lowest BCUT2D eigenvalue weighted by molar-refractivity contribution is -0.745. The Hall–Kier alpha value is -4.24. The number of nitrogens with one attached hydrogen (secondary N) is 3. The van der Waals surface area contributed by atoms with Crippen molar-refractivity contribution in [3.63, 3.8) is 0 Å². The van der Waals surface area contributed by atoms with E-state index < -0.39 is 117 Å². The number of hydrogen-bond acceptors (Lipinski definition) is 23. The number of aliphatic hydroxyl groups is 4. The summed E-state index contributed by atoms with van der Waals surface area (Å²) < 4.78 is 84.8. The van der Waals surface area contributed by atoms with Gasteiger partial charge in [0, 0.05) is 19.2 Å². The summed E-state index contributed by atoms with van der Waals surface area (Å²) in [4.78, 5) is 81.6. The Morgan fingerprint density at radius 2 is 1.51 bits per heavy atom. The van der Waals surface area contributed by atoms with Crippen molar-refractivity contribution in [1.29, 1.82) is 0 Å². The maximum absolute atomic E-state index is 12.7. The van der Waals surface area contributed by atoms with Crippen molar-refractivity contribution in [2.24, 2.45) is 7.05 Å². The number of aromatic nitrogens is 11. The summed E-state index contributed by atoms with van der Waals surface area (Å²) in [5.74, 6) is -0.534. The predicted molar refractivity (Wildman–Crippen MR) is 210 cm³/mol. The smallest absolute Gasteiger partial charge is 0.387 e. The van der Waals surface area contributed by atoms with Crippen molar-refractivity contribution in [2.75, 3.05) is 37.4 Å². The van der Waals surface area contributed by atoms with Gasteiger partial charge >= 0.3 is 36.6 Å². The van der Waals surface area contributed by atoms with E-state index in [1.165, 1.54) is 28.7 Å². The molecule has 2 fully saturated rings. The van der Waals surface area contributed by atoms with Crippen LogP contribution in [-0.4, -0.2) is 152 Å². The number of aryl methyl sites for hydroxylation is 2. The Bertz CT molecular complexity index is 2890. The fraction of sp³-hybridized carbons (Fsp3) is 0.556. The standard InChI is InChI=1S/C27H40N14O20P4/c1-38-10-41(21-15(38)23(47)35-27(29)33-21)25-19(45)17(43)13(59-25)7-56-64(52,53)60-62(48,49)5-2-11-6-39(37-36-11)4-3-31-63(50,51)61-65(54,55)57-8-12-16(42)18(44)24(58-12)40-9-30-14-20(40)32-26(28)34-22(14)46/h6,9-10,12-13,16-19,24-25,42-45H,2-5,7-8H2,1H3,(H10-,28,29,31,32,33,34,35,46,47,48,49,50,51,52,53,54,55)/p+1/t12-,13-,16?,17?,18+,19+,24-,25-/m1/s1. The number of phosphoric acid groups is 2. The number of ether oxygens (including phenoxy) is 2. The van der Waals surface area contributed by atoms with Gasteiger partial charge in [0.1, 0.15) is 36.6 Å². The summed E-state index contributed by atoms with van der Waals surface area (Å²) >= 11 is 0. The van der Waals surface area contributed by atoms with Crippen LogP contribution in [0.15, 0.2) is 28.4 Å². The van der Waals surface area contributed by atoms with Gasteiger partial charge in [-0.05, 0) is 0 Å². The van der Waals surface area contributed by atoms with E-state index in [-0.39, 0.29) is 52.9 Å². The van der Waals surface area contributed by atoms with E-state index in [1.54, 1.807) is 0 Å². The molecule has 5 aromatic rings. The van der Waals surface area contributed by atoms with Gasteiger partial charge in [0.2, 0.25) is 17.7 Å². The van der Waals surface area contributed by atoms with E-state index in [2.05, 4.69) is 43.9 Å². The van der Waals surface area contributed by atoms with E-state index in [0.717, 1.165) is 15.6 Å². The average molecular weight is 1010 g/mol. The van der Waals surface area contributed by atoms with Gasteiger partial charge in [0.05, 0.1) is 45.0 Å². The first kappa shape index (κ1) is 48.7. The third-order valence-corrected chi connectivity index (χ3v) is 15.5. The quantitative estimate of drug-likeness (QED) is 0.0272. The van der Waals surface area contributed by atoms with Gasteiger partial charge < -0.3 is 60.9 Å². The summed E-state index contributed by atoms with van der Waals surface area (Å²) in [6, 6.07) is 0. The SMILES string of the molecule is Cn1c[n+]([C@@H]2O[C@H](COP(=O)(O)OP(=O)(O)CCc3cn(CCNP(=O)(O)OP(=O)(O)OC[C@H]4O[C@@H](n5cnc6c(=O)[nH]c(N)nc65)[C@@H](O)C4O)nn3)C(O)[C@@H]2O)c2nc(N)[nH]c(=O)c21. The summed E-state index contributed by atoms with van der Waals surface area (Å²) in [5, 5.41) is 51.8. The molecule has 0 radical (unpaired) electrons. The molecular formula is C27H41N14O20P4+. The molecule has 7 heterocycles. The number of H-pyrrole nitrogens is 2. The highest BCUT2D eigenvalue weighted by atomic mass is 31.3. The fourth-order valence-corrected chi connectivity index (χ4v) is 11.6. The molecule has 2 aliphatic heterocycles. The average Bonchev–Trinajstić information content (AvgIpc) is 4.01. The number of nitrogen functional groups attached to an aromatic ring is 2. The second-order valence-corrected chi connectivity index (χ2v) is 21.1. The number of fused-ring (bicyclic) bond motifs is 2. The number of hydrogen-bond donors (Lipinski definition) is 13. The highest BCUT2D eigenvalue weighted by molar-refractivity contribution is 7.64. The molecular weight excluding hydrogens is 964 g/mol. The fourth-order valence-electron chi connectivity index (χ4n) is 6.66. The number of aliphatic hydroxyl groups excluding tert-OH is 4. The Morgan fingerprint density at radius 1 is 0.877 bits per heavy atom. The predicted octanol–water partition coefficient (Wildman–Crippen LogP) is -4.94. The molecule has 0 aliphatic carbocycles. The summed E-state index contributed by atoms with van der Waals surface area (Å²) in [5.41, 5.74) is 9.69. The van der Waals surface area contributed by atoms with Crippen LogP contribution in [0.25, 0.3) is 22.3 Å². The molecule has 0 aromatic carbocycles. The Kier molecular flexibility index (Phi) is 13.8. The summed E-state index contributed by atoms with van der Waals surface area (Å²) in [6.07, 6.45) is -10.2. The number of anilines is 2. The Morgan fingerprint density at radius 3 is 2.22 bits per heavy atom. The van der Waals surface area contributed by atoms with Gasteiger partial charge in [0.15, 0.2) is 23.7 Å². The van der Waals surface area contributed by atoms with Crippen molar-refractivity contribution in [3.8, 4) is 0 Å². The zero-order chi connectivity index (χ0) is 47.4. The molecule has 65 heavy (non-hydrogen) atoms. The van der Waals surface area contributed by atoms with Crippen molar-refractivity contribution in [3.05, 3.63) is 45.3 Å². The Labute approximate surface area is 360 Å². The minimum absolute atomic E-state index is 0.0212. The number of nitrogens with two attached hydrogens (primary N) is 2. The highest BCUT2D eigenvalue weighted by Crippen LogP contribution is 2.60. The first-order chi connectivity index (χ1) is 30.3. The molecule has 2 aliphatic rings. The van der Waals surface area contributed by atoms with E-state index >= 15 is 0 Å². The third-order valence-electron chi connectivity index (χ3n) is 9.60. The van der Waals surface area contributed by atoms with Gasteiger partial charge in [-0.1, -0.05) is 10.2 Å². The first-order valence-electron chi connectivity index (χ1n) is 18.5. The molecule has 0 spiro atoms. The second-order valence-electron chi connectivity index (χ2n) is 14.3. The zero-order valence-corrected chi connectivity index (χ0v) is 36.6. The van der Waals surface area contributed by atoms with Crippen LogP contribution >= 0.6 is 31.0 Å². The molecule has 15 N–H and O–H groups in total. The molecule has 7 rings (SSSR count). The van der Waals surface area contributed by atoms with E-state index in [1.807, 2.05) is 5.09 Å². The summed E-state index contributed by atoms with van der Waals surface area (Å²) in [6.45, 7) is -2.56. The van der Waals surface area contributed by atoms with E-state index in [0.29, 0.717) is 0 Å². The van der Waals surface area contributed by atoms with Crippen LogP contribution in [0.5, 0.6) is 0 Å². The van der Waals surface area contributed by atoms with Crippen molar-refractivity contribution < 1.29 is 90.0 Å². The minimum atomic E-state index is -5.36. The van der Waals surface area contributed by atoms with Crippen LogP contribution in [0.1, 0.15) is 18.1 Å². The largest absolute Gasteiger partial charge is 0.480 e. The monoisotopic (exact) mass is 1010 g/mol. The lowest BCUT2D eigenvalue weighted by Crippen LogP contribution is -2.46. The number of nitrogens with zero attached hydrogens (tertiary/aromatic N) is 9. The van der Waals surface area contributed by atoms with E-state index in [9.17, 15) is 67.8 Å². The van der Waals surface area contributed by atoms with Gasteiger partial charge in [-0.2, -0.15) is 9.29 Å². The van der Waals surface area contributed by atoms with E-state index in [4.69, 9.17) is 30.0 Å². The molecule has 6 unspecified atom stereocenters. The Balaban J connectivity index is 0.838. The molecule has 5 aromatic heterocycles. The maximum atomic E-state index is 12.7. The third kappa shape index (κ3) is 11.0. The molecule has 38 heteroatoms. The number of aromatic amines is 2. The maximum Gasteiger partial charge on any atom is 0.480 e. The first-order valence-corrected chi connectivity index (χ1v) is 24.8. The molecule has 0 saturated carbocycles. The second kappa shape index (κ2) is 18.4. The number of rotatable bonds is 19. The van der Waals surface area contributed by atoms with Crippen LogP contribution in [-0.2, 0) is 65.4 Å². The van der Waals surface area contributed by atoms with Crippen molar-refractivity contribution >= 4 is 65.2 Å².